The Morgan fingerprint density at radius 1 is 1.43 bits per heavy atom. The summed E-state index contributed by atoms with van der Waals surface area (Å²) in [6.45, 7) is 4.58. The standard InChI is InChI=1S/C13H21.Ti/c1-3-5-8-12(4-2)11-13-9-6-7-10-13;/h6,9,12H,3-5,7-8,11H2,1-2H3;/q-1;. The van der Waals surface area contributed by atoms with Crippen LogP contribution in [0.4, 0.5) is 0 Å². The van der Waals surface area contributed by atoms with E-state index in [0.717, 1.165) is 12.3 Å². The van der Waals surface area contributed by atoms with Gasteiger partial charge in [-0.3, -0.25) is 6.08 Å². The molecule has 0 N–H and O–H groups in total. The van der Waals surface area contributed by atoms with E-state index in [0.29, 0.717) is 0 Å². The molecule has 0 aromatic rings. The summed E-state index contributed by atoms with van der Waals surface area (Å²) in [6.07, 6.45) is 15.6. The van der Waals surface area contributed by atoms with Gasteiger partial charge in [-0.05, 0) is 5.92 Å². The van der Waals surface area contributed by atoms with Crippen molar-refractivity contribution < 1.29 is 21.7 Å². The summed E-state index contributed by atoms with van der Waals surface area (Å²) in [7, 11) is 0. The molecule has 1 aliphatic carbocycles. The summed E-state index contributed by atoms with van der Waals surface area (Å²) in [4.78, 5) is 0. The molecule has 1 aliphatic rings. The maximum atomic E-state index is 3.40. The van der Waals surface area contributed by atoms with Crippen LogP contribution in [0.2, 0.25) is 0 Å². The van der Waals surface area contributed by atoms with E-state index in [1.807, 2.05) is 0 Å². The zero-order chi connectivity index (χ0) is 9.52. The van der Waals surface area contributed by atoms with Crippen LogP contribution in [0.15, 0.2) is 17.7 Å². The van der Waals surface area contributed by atoms with Gasteiger partial charge in [0.05, 0.1) is 0 Å². The fraction of sp³-hybridized carbons (Fsp3) is 0.692. The molecule has 14 heavy (non-hydrogen) atoms. The van der Waals surface area contributed by atoms with Gasteiger partial charge in [-0.1, -0.05) is 46.0 Å². The Bertz CT molecular complexity index is 191. The van der Waals surface area contributed by atoms with Crippen molar-refractivity contribution in [3.63, 3.8) is 0 Å². The van der Waals surface area contributed by atoms with E-state index in [-0.39, 0.29) is 21.7 Å². The second-order valence-corrected chi connectivity index (χ2v) is 3.93. The van der Waals surface area contributed by atoms with Crippen LogP contribution in [0.5, 0.6) is 0 Å². The van der Waals surface area contributed by atoms with Crippen molar-refractivity contribution in [3.05, 3.63) is 23.8 Å². The molecule has 0 aliphatic heterocycles. The van der Waals surface area contributed by atoms with E-state index in [1.54, 1.807) is 0 Å². The minimum absolute atomic E-state index is 0. The Hall–Kier alpha value is 0.194. The van der Waals surface area contributed by atoms with Crippen molar-refractivity contribution in [1.82, 2.24) is 0 Å². The Balaban J connectivity index is 0.00000169. The topological polar surface area (TPSA) is 0 Å². The summed E-state index contributed by atoms with van der Waals surface area (Å²) in [5.41, 5.74) is 1.45. The van der Waals surface area contributed by atoms with Gasteiger partial charge in [0, 0.05) is 21.7 Å². The van der Waals surface area contributed by atoms with Gasteiger partial charge in [-0.25, -0.2) is 11.6 Å². The Labute approximate surface area is 104 Å². The van der Waals surface area contributed by atoms with Gasteiger partial charge in [0.25, 0.3) is 0 Å². The molecule has 0 nitrogen and oxygen atoms in total. The molecule has 1 heteroatoms. The third-order valence-corrected chi connectivity index (χ3v) is 2.82. The maximum absolute atomic E-state index is 3.40. The largest absolute Gasteiger partial charge is 0.269 e. The normalized spacial score (nSPS) is 16.3. The Morgan fingerprint density at radius 2 is 2.21 bits per heavy atom. The van der Waals surface area contributed by atoms with Crippen molar-refractivity contribution in [3.8, 4) is 0 Å². The number of allylic oxidation sites excluding steroid dienone is 4. The third kappa shape index (κ3) is 5.17. The molecule has 1 atom stereocenters. The summed E-state index contributed by atoms with van der Waals surface area (Å²) >= 11 is 0. The molecule has 0 spiro atoms. The van der Waals surface area contributed by atoms with E-state index in [4.69, 9.17) is 0 Å². The van der Waals surface area contributed by atoms with Crippen molar-refractivity contribution in [2.45, 2.75) is 52.4 Å². The van der Waals surface area contributed by atoms with E-state index in [9.17, 15) is 0 Å². The minimum Gasteiger partial charge on any atom is -0.269 e. The SMILES string of the molecule is CCCCC(CC)CC1=[C-]CC=C1.[Ti]. The first kappa shape index (κ1) is 14.2. The van der Waals surface area contributed by atoms with Crippen LogP contribution < -0.4 is 0 Å². The first-order valence-electron chi connectivity index (χ1n) is 5.63. The number of unbranched alkanes of at least 4 members (excludes halogenated alkanes) is 1. The molecule has 0 fully saturated rings. The summed E-state index contributed by atoms with van der Waals surface area (Å²) in [5.74, 6) is 0.894. The number of hydrogen-bond acceptors (Lipinski definition) is 0. The van der Waals surface area contributed by atoms with Gasteiger partial charge < -0.3 is 0 Å². The van der Waals surface area contributed by atoms with Gasteiger partial charge in [0.15, 0.2) is 0 Å². The van der Waals surface area contributed by atoms with Gasteiger partial charge >= 0.3 is 0 Å². The van der Waals surface area contributed by atoms with E-state index in [2.05, 4.69) is 32.1 Å². The minimum atomic E-state index is 0. The van der Waals surface area contributed by atoms with E-state index in [1.165, 1.54) is 37.7 Å². The van der Waals surface area contributed by atoms with Crippen LogP contribution in [0.25, 0.3) is 0 Å². The van der Waals surface area contributed by atoms with E-state index < -0.39 is 0 Å². The molecule has 78 valence electrons. The second kappa shape index (κ2) is 8.50. The average molecular weight is 225 g/mol. The van der Waals surface area contributed by atoms with Crippen LogP contribution in [-0.4, -0.2) is 0 Å². The molecule has 0 saturated carbocycles. The third-order valence-electron chi connectivity index (χ3n) is 2.82. The summed E-state index contributed by atoms with van der Waals surface area (Å²) in [6, 6.07) is 0. The summed E-state index contributed by atoms with van der Waals surface area (Å²) < 4.78 is 0. The first-order valence-corrected chi connectivity index (χ1v) is 5.63. The fourth-order valence-corrected chi connectivity index (χ4v) is 1.84. The van der Waals surface area contributed by atoms with Crippen molar-refractivity contribution >= 4 is 0 Å². The molecule has 0 aromatic carbocycles. The van der Waals surface area contributed by atoms with Gasteiger partial charge in [0.1, 0.15) is 0 Å². The fourth-order valence-electron chi connectivity index (χ4n) is 1.84. The zero-order valence-corrected chi connectivity index (χ0v) is 11.0. The van der Waals surface area contributed by atoms with E-state index >= 15 is 0 Å². The predicted octanol–water partition coefficient (Wildman–Crippen LogP) is 4.28. The van der Waals surface area contributed by atoms with Crippen LogP contribution >= 0.6 is 0 Å². The quantitative estimate of drug-likeness (QED) is 0.467. The molecular formula is C13H21Ti-. The number of rotatable bonds is 6. The monoisotopic (exact) mass is 225 g/mol. The van der Waals surface area contributed by atoms with Crippen LogP contribution in [0.3, 0.4) is 0 Å². The average Bonchev–Trinajstić information content (AvgIpc) is 2.64. The number of hydrogen-bond donors (Lipinski definition) is 0. The molecule has 0 bridgehead atoms. The second-order valence-electron chi connectivity index (χ2n) is 3.93. The molecule has 1 unspecified atom stereocenters. The maximum Gasteiger partial charge on any atom is 0 e. The van der Waals surface area contributed by atoms with Crippen LogP contribution in [0.1, 0.15) is 52.4 Å². The predicted molar refractivity (Wildman–Crippen MR) is 58.4 cm³/mol. The van der Waals surface area contributed by atoms with Gasteiger partial charge in [0.2, 0.25) is 0 Å². The molecule has 0 aromatic heterocycles. The zero-order valence-electron chi connectivity index (χ0n) is 9.47. The Morgan fingerprint density at radius 3 is 2.71 bits per heavy atom. The molecule has 0 saturated heterocycles. The van der Waals surface area contributed by atoms with Crippen molar-refractivity contribution in [2.75, 3.05) is 0 Å². The molecule has 0 amide bonds. The molecule has 1 rings (SSSR count). The van der Waals surface area contributed by atoms with Crippen molar-refractivity contribution in [1.29, 1.82) is 0 Å². The van der Waals surface area contributed by atoms with Crippen LogP contribution in [-0.2, 0) is 21.7 Å². The Kier molecular flexibility index (Phi) is 8.62. The molecule has 0 radical (unpaired) electrons. The smallest absolute Gasteiger partial charge is 0 e. The van der Waals surface area contributed by atoms with Gasteiger partial charge in [-0.2, -0.15) is 6.08 Å². The summed E-state index contributed by atoms with van der Waals surface area (Å²) in [5, 5.41) is 0. The molecular weight excluding hydrogens is 204 g/mol. The van der Waals surface area contributed by atoms with Crippen LogP contribution in [0, 0.1) is 12.0 Å². The first-order chi connectivity index (χ1) is 6.36. The van der Waals surface area contributed by atoms with Gasteiger partial charge in [-0.15, -0.1) is 6.42 Å². The molecule has 0 heterocycles. The van der Waals surface area contributed by atoms with Crippen molar-refractivity contribution in [2.24, 2.45) is 5.92 Å².